The lowest BCUT2D eigenvalue weighted by atomic mass is 9.96. The molecule has 0 aromatic carbocycles. The molecule has 1 fully saturated rings. The summed E-state index contributed by atoms with van der Waals surface area (Å²) in [4.78, 5) is 11.6. The van der Waals surface area contributed by atoms with Crippen LogP contribution in [0.25, 0.3) is 0 Å². The first-order valence-corrected chi connectivity index (χ1v) is 5.76. The van der Waals surface area contributed by atoms with E-state index in [1.807, 2.05) is 0 Å². The van der Waals surface area contributed by atoms with E-state index in [-0.39, 0.29) is 25.1 Å². The molecule has 2 rings (SSSR count). The maximum absolute atomic E-state index is 11.6. The Morgan fingerprint density at radius 3 is 2.68 bits per heavy atom. The number of carbonyl (C=O) groups is 1. The van der Waals surface area contributed by atoms with Crippen molar-refractivity contribution in [1.82, 2.24) is 15.0 Å². The van der Waals surface area contributed by atoms with E-state index in [1.54, 1.807) is 27.0 Å². The van der Waals surface area contributed by atoms with Gasteiger partial charge in [-0.3, -0.25) is 4.79 Å². The number of hydrogen-bond donors (Lipinski definition) is 1. The summed E-state index contributed by atoms with van der Waals surface area (Å²) in [5.41, 5.74) is 5.59. The third-order valence-electron chi connectivity index (χ3n) is 2.71. The molecule has 0 spiro atoms. The summed E-state index contributed by atoms with van der Waals surface area (Å²) >= 11 is 0. The summed E-state index contributed by atoms with van der Waals surface area (Å²) in [6, 6.07) is 0. The zero-order chi connectivity index (χ0) is 13.4. The Morgan fingerprint density at radius 1 is 1.58 bits per heavy atom. The molecule has 7 nitrogen and oxygen atoms in total. The Hall–Kier alpha value is -1.18. The molecular formula is C11H19ClN4O3. The van der Waals surface area contributed by atoms with E-state index in [2.05, 4.69) is 10.3 Å². The van der Waals surface area contributed by atoms with Crippen LogP contribution in [0, 0.1) is 5.41 Å². The Morgan fingerprint density at radius 2 is 2.21 bits per heavy atom. The second kappa shape index (κ2) is 5.44. The molecule has 0 bridgehead atoms. The third-order valence-corrected chi connectivity index (χ3v) is 2.71. The Balaban J connectivity index is 0.00000180. The molecule has 1 aromatic heterocycles. The van der Waals surface area contributed by atoms with Gasteiger partial charge in [0.2, 0.25) is 0 Å². The average molecular weight is 291 g/mol. The minimum Gasteiger partial charge on any atom is -0.442 e. The Labute approximate surface area is 117 Å². The van der Waals surface area contributed by atoms with Gasteiger partial charge in [0, 0.05) is 0 Å². The molecule has 0 atom stereocenters. The highest BCUT2D eigenvalue weighted by molar-refractivity contribution is 5.85. The smallest absolute Gasteiger partial charge is 0.313 e. The molecule has 0 saturated carbocycles. The fraction of sp³-hybridized carbons (Fsp3) is 0.727. The molecule has 0 amide bonds. The quantitative estimate of drug-likeness (QED) is 0.812. The van der Waals surface area contributed by atoms with Crippen molar-refractivity contribution in [2.75, 3.05) is 13.2 Å². The normalized spacial score (nSPS) is 17.3. The number of nitrogens with zero attached hydrogens (tertiary/aromatic N) is 3. The SMILES string of the molecule is CC(C)(C)C(=O)OCn1cc(C2(N)COC2)nn1.Cl. The lowest BCUT2D eigenvalue weighted by Crippen LogP contribution is -2.54. The number of ether oxygens (including phenoxy) is 2. The summed E-state index contributed by atoms with van der Waals surface area (Å²) in [6.45, 7) is 6.30. The molecule has 108 valence electrons. The van der Waals surface area contributed by atoms with Crippen molar-refractivity contribution in [1.29, 1.82) is 0 Å². The first-order valence-electron chi connectivity index (χ1n) is 5.76. The zero-order valence-corrected chi connectivity index (χ0v) is 12.1. The Kier molecular flexibility index (Phi) is 4.54. The number of rotatable bonds is 3. The molecule has 2 heterocycles. The summed E-state index contributed by atoms with van der Waals surface area (Å²) in [7, 11) is 0. The van der Waals surface area contributed by atoms with Gasteiger partial charge < -0.3 is 15.2 Å². The number of carbonyl (C=O) groups excluding carboxylic acids is 1. The minimum absolute atomic E-state index is 0. The maximum atomic E-state index is 11.6. The van der Waals surface area contributed by atoms with Crippen molar-refractivity contribution >= 4 is 18.4 Å². The van der Waals surface area contributed by atoms with E-state index >= 15 is 0 Å². The fourth-order valence-corrected chi connectivity index (χ4v) is 1.40. The van der Waals surface area contributed by atoms with Crippen LogP contribution in [-0.2, 0) is 26.5 Å². The molecule has 0 unspecified atom stereocenters. The molecule has 0 radical (unpaired) electrons. The van der Waals surface area contributed by atoms with Gasteiger partial charge in [0.05, 0.1) is 24.8 Å². The predicted octanol–water partition coefficient (Wildman–Crippen LogP) is 0.431. The summed E-state index contributed by atoms with van der Waals surface area (Å²) in [5.74, 6) is -0.283. The van der Waals surface area contributed by atoms with Crippen molar-refractivity contribution in [3.8, 4) is 0 Å². The van der Waals surface area contributed by atoms with Crippen molar-refractivity contribution in [3.05, 3.63) is 11.9 Å². The van der Waals surface area contributed by atoms with Crippen LogP contribution in [0.15, 0.2) is 6.20 Å². The van der Waals surface area contributed by atoms with Gasteiger partial charge in [-0.2, -0.15) is 0 Å². The number of esters is 1. The van der Waals surface area contributed by atoms with Gasteiger partial charge in [-0.25, -0.2) is 4.68 Å². The highest BCUT2D eigenvalue weighted by atomic mass is 35.5. The third kappa shape index (κ3) is 3.43. The van der Waals surface area contributed by atoms with Crippen LogP contribution in [0.2, 0.25) is 0 Å². The van der Waals surface area contributed by atoms with Crippen LogP contribution in [0.4, 0.5) is 0 Å². The van der Waals surface area contributed by atoms with Gasteiger partial charge in [-0.1, -0.05) is 5.21 Å². The number of aromatic nitrogens is 3. The van der Waals surface area contributed by atoms with Gasteiger partial charge in [-0.15, -0.1) is 17.5 Å². The van der Waals surface area contributed by atoms with E-state index in [4.69, 9.17) is 15.2 Å². The standard InChI is InChI=1S/C11H18N4O3.ClH/c1-10(2,3)9(16)18-7-15-4-8(13-14-15)11(12)5-17-6-11;/h4H,5-7,12H2,1-3H3;1H. The molecule has 2 N–H and O–H groups in total. The van der Waals surface area contributed by atoms with E-state index < -0.39 is 11.0 Å². The van der Waals surface area contributed by atoms with Crippen molar-refractivity contribution in [2.24, 2.45) is 11.1 Å². The number of hydrogen-bond acceptors (Lipinski definition) is 6. The highest BCUT2D eigenvalue weighted by Crippen LogP contribution is 2.24. The number of nitrogens with two attached hydrogens (primary N) is 1. The molecule has 19 heavy (non-hydrogen) atoms. The average Bonchev–Trinajstić information content (AvgIpc) is 2.70. The Bertz CT molecular complexity index is 451. The summed E-state index contributed by atoms with van der Waals surface area (Å²) < 4.78 is 11.6. The molecule has 8 heteroatoms. The topological polar surface area (TPSA) is 92.3 Å². The predicted molar refractivity (Wildman–Crippen MR) is 69.5 cm³/mol. The first kappa shape index (κ1) is 15.9. The zero-order valence-electron chi connectivity index (χ0n) is 11.3. The lowest BCUT2D eigenvalue weighted by Gasteiger charge is -2.35. The van der Waals surface area contributed by atoms with Gasteiger partial charge in [0.15, 0.2) is 6.73 Å². The van der Waals surface area contributed by atoms with E-state index in [9.17, 15) is 4.79 Å². The molecular weight excluding hydrogens is 272 g/mol. The van der Waals surface area contributed by atoms with Crippen LogP contribution >= 0.6 is 12.4 Å². The summed E-state index contributed by atoms with van der Waals surface area (Å²) in [5, 5.41) is 7.84. The largest absolute Gasteiger partial charge is 0.442 e. The van der Waals surface area contributed by atoms with Crippen molar-refractivity contribution < 1.29 is 14.3 Å². The molecule has 0 aliphatic carbocycles. The van der Waals surface area contributed by atoms with E-state index in [0.717, 1.165) is 0 Å². The number of halogens is 1. The van der Waals surface area contributed by atoms with Crippen LogP contribution in [0.5, 0.6) is 0 Å². The molecule has 1 aromatic rings. The van der Waals surface area contributed by atoms with E-state index in [1.165, 1.54) is 4.68 Å². The van der Waals surface area contributed by atoms with Crippen LogP contribution in [-0.4, -0.2) is 34.2 Å². The van der Waals surface area contributed by atoms with Crippen molar-refractivity contribution in [2.45, 2.75) is 33.0 Å². The fourth-order valence-electron chi connectivity index (χ4n) is 1.40. The minimum atomic E-state index is -0.549. The van der Waals surface area contributed by atoms with Gasteiger partial charge in [0.1, 0.15) is 11.2 Å². The maximum Gasteiger partial charge on any atom is 0.313 e. The van der Waals surface area contributed by atoms with E-state index in [0.29, 0.717) is 18.9 Å². The molecule has 1 aliphatic heterocycles. The van der Waals surface area contributed by atoms with Gasteiger partial charge in [0.25, 0.3) is 0 Å². The molecule has 1 saturated heterocycles. The van der Waals surface area contributed by atoms with Crippen LogP contribution in [0.3, 0.4) is 0 Å². The first-order chi connectivity index (χ1) is 8.31. The highest BCUT2D eigenvalue weighted by Gasteiger charge is 2.38. The van der Waals surface area contributed by atoms with Crippen LogP contribution < -0.4 is 5.73 Å². The second-order valence-corrected chi connectivity index (χ2v) is 5.60. The lowest BCUT2D eigenvalue weighted by molar-refractivity contribution is -0.157. The van der Waals surface area contributed by atoms with Gasteiger partial charge in [-0.05, 0) is 20.8 Å². The molecule has 1 aliphatic rings. The summed E-state index contributed by atoms with van der Waals surface area (Å²) in [6.07, 6.45) is 1.68. The van der Waals surface area contributed by atoms with Crippen LogP contribution in [0.1, 0.15) is 26.5 Å². The monoisotopic (exact) mass is 290 g/mol. The van der Waals surface area contributed by atoms with Crippen molar-refractivity contribution in [3.63, 3.8) is 0 Å². The second-order valence-electron chi connectivity index (χ2n) is 5.60. The van der Waals surface area contributed by atoms with Gasteiger partial charge >= 0.3 is 5.97 Å².